The average molecular weight is 237 g/mol. The Labute approximate surface area is 99.5 Å². The Bertz CT molecular complexity index is 429. The van der Waals surface area contributed by atoms with Crippen LogP contribution >= 0.6 is 0 Å². The smallest absolute Gasteiger partial charge is 0.172 e. The molecule has 2 N–H and O–H groups in total. The molecule has 0 heterocycles. The molecule has 1 rings (SSSR count). The number of ether oxygens (including phenoxy) is 2. The van der Waals surface area contributed by atoms with Crippen molar-refractivity contribution in [1.82, 2.24) is 0 Å². The van der Waals surface area contributed by atoms with E-state index in [-0.39, 0.29) is 30.2 Å². The molecule has 0 radical (unpaired) electrons. The van der Waals surface area contributed by atoms with Crippen molar-refractivity contribution >= 4 is 12.1 Å². The van der Waals surface area contributed by atoms with E-state index in [0.717, 1.165) is 0 Å². The Morgan fingerprint density at radius 2 is 1.94 bits per heavy atom. The number of carbonyl (C=O) groups is 2. The highest BCUT2D eigenvalue weighted by molar-refractivity contribution is 6.01. The standard InChI is InChI=1S/C12H15NO4/c1-16-11-8(7-14)3-4-9(12(11)17-2)10(15)5-6-13/h3-4,7H,5-6,13H2,1-2H3. The molecule has 17 heavy (non-hydrogen) atoms. The molecule has 0 aromatic heterocycles. The van der Waals surface area contributed by atoms with Crippen LogP contribution in [-0.4, -0.2) is 32.8 Å². The highest BCUT2D eigenvalue weighted by Crippen LogP contribution is 2.34. The molecular weight excluding hydrogens is 222 g/mol. The molecule has 0 fully saturated rings. The van der Waals surface area contributed by atoms with E-state index < -0.39 is 0 Å². The predicted molar refractivity (Wildman–Crippen MR) is 62.9 cm³/mol. The second-order valence-electron chi connectivity index (χ2n) is 3.35. The van der Waals surface area contributed by atoms with Gasteiger partial charge in [0.1, 0.15) is 0 Å². The summed E-state index contributed by atoms with van der Waals surface area (Å²) in [5.41, 5.74) is 6.05. The minimum absolute atomic E-state index is 0.139. The van der Waals surface area contributed by atoms with Crippen molar-refractivity contribution in [3.63, 3.8) is 0 Å². The average Bonchev–Trinajstić information content (AvgIpc) is 2.36. The molecule has 1 aromatic carbocycles. The van der Waals surface area contributed by atoms with Gasteiger partial charge >= 0.3 is 0 Å². The molecule has 0 amide bonds. The molecule has 0 spiro atoms. The zero-order chi connectivity index (χ0) is 12.8. The fraction of sp³-hybridized carbons (Fsp3) is 0.333. The van der Waals surface area contributed by atoms with Gasteiger partial charge in [-0.25, -0.2) is 0 Å². The quantitative estimate of drug-likeness (QED) is 0.591. The first-order valence-corrected chi connectivity index (χ1v) is 5.13. The largest absolute Gasteiger partial charge is 0.492 e. The number of hydrogen-bond acceptors (Lipinski definition) is 5. The van der Waals surface area contributed by atoms with Crippen molar-refractivity contribution in [3.8, 4) is 11.5 Å². The van der Waals surface area contributed by atoms with Gasteiger partial charge in [0.2, 0.25) is 0 Å². The van der Waals surface area contributed by atoms with Crippen molar-refractivity contribution in [1.29, 1.82) is 0 Å². The number of ketones is 1. The lowest BCUT2D eigenvalue weighted by atomic mass is 10.0. The van der Waals surface area contributed by atoms with Crippen LogP contribution in [0.15, 0.2) is 12.1 Å². The summed E-state index contributed by atoms with van der Waals surface area (Å²) in [6.07, 6.45) is 0.874. The molecule has 0 aliphatic rings. The van der Waals surface area contributed by atoms with Gasteiger partial charge in [-0.2, -0.15) is 0 Å². The highest BCUT2D eigenvalue weighted by Gasteiger charge is 2.18. The molecule has 0 atom stereocenters. The zero-order valence-corrected chi connectivity index (χ0v) is 9.86. The van der Waals surface area contributed by atoms with Gasteiger partial charge in [0.05, 0.1) is 25.3 Å². The fourth-order valence-electron chi connectivity index (χ4n) is 1.57. The third kappa shape index (κ3) is 2.62. The van der Waals surface area contributed by atoms with Gasteiger partial charge < -0.3 is 15.2 Å². The topological polar surface area (TPSA) is 78.6 Å². The van der Waals surface area contributed by atoms with Crippen molar-refractivity contribution < 1.29 is 19.1 Å². The SMILES string of the molecule is COc1c(C=O)ccc(C(=O)CCN)c1OC. The molecule has 0 saturated carbocycles. The Balaban J connectivity index is 3.32. The van der Waals surface area contributed by atoms with Gasteiger partial charge in [0, 0.05) is 6.42 Å². The van der Waals surface area contributed by atoms with Crippen LogP contribution in [0, 0.1) is 0 Å². The number of methoxy groups -OCH3 is 2. The van der Waals surface area contributed by atoms with Gasteiger partial charge in [-0.05, 0) is 18.7 Å². The molecule has 5 heteroatoms. The number of benzene rings is 1. The first kappa shape index (κ1) is 13.2. The zero-order valence-electron chi connectivity index (χ0n) is 9.86. The molecule has 0 bridgehead atoms. The van der Waals surface area contributed by atoms with Crippen molar-refractivity contribution in [3.05, 3.63) is 23.3 Å². The maximum absolute atomic E-state index is 11.8. The summed E-state index contributed by atoms with van der Waals surface area (Å²) in [5, 5.41) is 0. The minimum Gasteiger partial charge on any atom is -0.492 e. The summed E-state index contributed by atoms with van der Waals surface area (Å²) in [7, 11) is 2.84. The summed E-state index contributed by atoms with van der Waals surface area (Å²) >= 11 is 0. The van der Waals surface area contributed by atoms with E-state index in [4.69, 9.17) is 15.2 Å². The predicted octanol–water partition coefficient (Wildman–Crippen LogP) is 1.05. The summed E-state index contributed by atoms with van der Waals surface area (Å²) in [6, 6.07) is 3.07. The first-order chi connectivity index (χ1) is 8.19. The van der Waals surface area contributed by atoms with Crippen LogP contribution in [0.3, 0.4) is 0 Å². The second-order valence-corrected chi connectivity index (χ2v) is 3.35. The van der Waals surface area contributed by atoms with Crippen LogP contribution in [0.2, 0.25) is 0 Å². The maximum atomic E-state index is 11.8. The second kappa shape index (κ2) is 6.00. The van der Waals surface area contributed by atoms with Crippen LogP contribution in [0.25, 0.3) is 0 Å². The highest BCUT2D eigenvalue weighted by atomic mass is 16.5. The number of hydrogen-bond donors (Lipinski definition) is 1. The molecule has 1 aromatic rings. The Morgan fingerprint density at radius 3 is 2.41 bits per heavy atom. The summed E-state index contributed by atoms with van der Waals surface area (Å²) in [6.45, 7) is 0.264. The molecular formula is C12H15NO4. The third-order valence-corrected chi connectivity index (χ3v) is 2.35. The maximum Gasteiger partial charge on any atom is 0.172 e. The Kier molecular flexibility index (Phi) is 4.66. The van der Waals surface area contributed by atoms with Crippen molar-refractivity contribution in [2.45, 2.75) is 6.42 Å². The van der Waals surface area contributed by atoms with Gasteiger partial charge in [-0.1, -0.05) is 0 Å². The first-order valence-electron chi connectivity index (χ1n) is 5.13. The third-order valence-electron chi connectivity index (χ3n) is 2.35. The molecule has 0 unspecified atom stereocenters. The van der Waals surface area contributed by atoms with E-state index in [1.165, 1.54) is 20.3 Å². The molecule has 5 nitrogen and oxygen atoms in total. The van der Waals surface area contributed by atoms with Gasteiger partial charge in [0.15, 0.2) is 23.6 Å². The van der Waals surface area contributed by atoms with Crippen LogP contribution in [0.1, 0.15) is 27.1 Å². The van der Waals surface area contributed by atoms with E-state index in [0.29, 0.717) is 17.4 Å². The molecule has 0 aliphatic heterocycles. The van der Waals surface area contributed by atoms with Crippen molar-refractivity contribution in [2.75, 3.05) is 20.8 Å². The van der Waals surface area contributed by atoms with E-state index in [1.807, 2.05) is 0 Å². The number of carbonyl (C=O) groups excluding carboxylic acids is 2. The van der Waals surface area contributed by atoms with E-state index in [1.54, 1.807) is 6.07 Å². The van der Waals surface area contributed by atoms with Crippen molar-refractivity contribution in [2.24, 2.45) is 5.73 Å². The summed E-state index contributed by atoms with van der Waals surface area (Å²) < 4.78 is 10.2. The van der Waals surface area contributed by atoms with Crippen LogP contribution < -0.4 is 15.2 Å². The lowest BCUT2D eigenvalue weighted by molar-refractivity contribution is 0.0980. The lowest BCUT2D eigenvalue weighted by Crippen LogP contribution is -2.10. The molecule has 0 saturated heterocycles. The van der Waals surface area contributed by atoms with Gasteiger partial charge in [0.25, 0.3) is 0 Å². The Morgan fingerprint density at radius 1 is 1.29 bits per heavy atom. The van der Waals surface area contributed by atoms with E-state index >= 15 is 0 Å². The lowest BCUT2D eigenvalue weighted by Gasteiger charge is -2.13. The number of aldehydes is 1. The normalized spacial score (nSPS) is 9.82. The van der Waals surface area contributed by atoms with E-state index in [9.17, 15) is 9.59 Å². The number of nitrogens with two attached hydrogens (primary N) is 1. The number of rotatable bonds is 6. The molecule has 92 valence electrons. The summed E-state index contributed by atoms with van der Waals surface area (Å²) in [5.74, 6) is 0.404. The van der Waals surface area contributed by atoms with Gasteiger partial charge in [-0.3, -0.25) is 9.59 Å². The Hall–Kier alpha value is -1.88. The van der Waals surface area contributed by atoms with Crippen LogP contribution in [-0.2, 0) is 0 Å². The van der Waals surface area contributed by atoms with Crippen LogP contribution in [0.5, 0.6) is 11.5 Å². The summed E-state index contributed by atoms with van der Waals surface area (Å²) in [4.78, 5) is 22.6. The minimum atomic E-state index is -0.139. The van der Waals surface area contributed by atoms with E-state index in [2.05, 4.69) is 0 Å². The van der Waals surface area contributed by atoms with Gasteiger partial charge in [-0.15, -0.1) is 0 Å². The van der Waals surface area contributed by atoms with Crippen LogP contribution in [0.4, 0.5) is 0 Å². The monoisotopic (exact) mass is 237 g/mol. The fourth-order valence-corrected chi connectivity index (χ4v) is 1.57. The molecule has 0 aliphatic carbocycles. The number of Topliss-reactive ketones (excluding diaryl/α,β-unsaturated/α-hetero) is 1.